The standard InChI is InChI=1S/C8H12N2O2S/c1-2-6-10-13(11,12)8-5-3-4-7-9-8/h3-5,7,10H,2,6H2,1H3. The van der Waals surface area contributed by atoms with Crippen LogP contribution in [-0.4, -0.2) is 19.9 Å². The Kier molecular flexibility index (Phi) is 3.39. The first kappa shape index (κ1) is 10.1. The topological polar surface area (TPSA) is 59.1 Å². The van der Waals surface area contributed by atoms with Gasteiger partial charge in [-0.25, -0.2) is 18.1 Å². The zero-order valence-electron chi connectivity index (χ0n) is 7.40. The molecule has 4 nitrogen and oxygen atoms in total. The van der Waals surface area contributed by atoms with Gasteiger partial charge in [0, 0.05) is 12.7 Å². The minimum absolute atomic E-state index is 0.0726. The van der Waals surface area contributed by atoms with E-state index in [-0.39, 0.29) is 5.03 Å². The molecule has 0 aliphatic carbocycles. The maximum atomic E-state index is 11.4. The molecule has 72 valence electrons. The molecule has 0 radical (unpaired) electrons. The van der Waals surface area contributed by atoms with Crippen molar-refractivity contribution in [1.29, 1.82) is 0 Å². The second-order valence-corrected chi connectivity index (χ2v) is 4.28. The lowest BCUT2D eigenvalue weighted by Crippen LogP contribution is -2.25. The molecule has 0 spiro atoms. The lowest BCUT2D eigenvalue weighted by molar-refractivity contribution is 0.577. The SMILES string of the molecule is CCCNS(=O)(=O)c1ccccn1. The molecule has 0 saturated heterocycles. The molecule has 13 heavy (non-hydrogen) atoms. The van der Waals surface area contributed by atoms with Gasteiger partial charge in [-0.2, -0.15) is 0 Å². The van der Waals surface area contributed by atoms with Crippen LogP contribution in [0.5, 0.6) is 0 Å². The van der Waals surface area contributed by atoms with Crippen molar-refractivity contribution < 1.29 is 8.42 Å². The number of pyridine rings is 1. The van der Waals surface area contributed by atoms with Crippen molar-refractivity contribution in [2.24, 2.45) is 0 Å². The van der Waals surface area contributed by atoms with Crippen LogP contribution in [0.4, 0.5) is 0 Å². The molecule has 1 rings (SSSR count). The summed E-state index contributed by atoms with van der Waals surface area (Å²) in [5.41, 5.74) is 0. The van der Waals surface area contributed by atoms with E-state index in [1.54, 1.807) is 12.1 Å². The molecule has 0 bridgehead atoms. The van der Waals surface area contributed by atoms with Crippen molar-refractivity contribution in [3.8, 4) is 0 Å². The van der Waals surface area contributed by atoms with Crippen molar-refractivity contribution in [2.45, 2.75) is 18.4 Å². The van der Waals surface area contributed by atoms with Crippen LogP contribution in [0, 0.1) is 0 Å². The summed E-state index contributed by atoms with van der Waals surface area (Å²) < 4.78 is 25.3. The van der Waals surface area contributed by atoms with Gasteiger partial charge in [-0.3, -0.25) is 0 Å². The molecular weight excluding hydrogens is 188 g/mol. The number of hydrogen-bond acceptors (Lipinski definition) is 3. The summed E-state index contributed by atoms with van der Waals surface area (Å²) in [5.74, 6) is 0. The quantitative estimate of drug-likeness (QED) is 0.781. The molecule has 0 aliphatic rings. The van der Waals surface area contributed by atoms with E-state index in [4.69, 9.17) is 0 Å². The number of hydrogen-bond donors (Lipinski definition) is 1. The van der Waals surface area contributed by atoms with E-state index in [2.05, 4.69) is 9.71 Å². The van der Waals surface area contributed by atoms with Crippen LogP contribution in [0.3, 0.4) is 0 Å². The lowest BCUT2D eigenvalue weighted by Gasteiger charge is -2.03. The predicted molar refractivity (Wildman–Crippen MR) is 49.7 cm³/mol. The Bertz CT molecular complexity index is 348. The summed E-state index contributed by atoms with van der Waals surface area (Å²) in [7, 11) is -3.38. The molecule has 5 heteroatoms. The monoisotopic (exact) mass is 200 g/mol. The van der Waals surface area contributed by atoms with Crippen molar-refractivity contribution in [1.82, 2.24) is 9.71 Å². The normalized spacial score (nSPS) is 11.5. The molecule has 1 aromatic rings. The summed E-state index contributed by atoms with van der Waals surface area (Å²) in [6.07, 6.45) is 2.23. The first-order chi connectivity index (χ1) is 6.17. The van der Waals surface area contributed by atoms with Crippen LogP contribution in [0.25, 0.3) is 0 Å². The third-order valence-electron chi connectivity index (χ3n) is 1.46. The third-order valence-corrected chi connectivity index (χ3v) is 2.83. The fourth-order valence-corrected chi connectivity index (χ4v) is 1.89. The van der Waals surface area contributed by atoms with Gasteiger partial charge in [0.1, 0.15) is 0 Å². The Morgan fingerprint density at radius 2 is 2.23 bits per heavy atom. The second-order valence-electron chi connectivity index (χ2n) is 2.57. The van der Waals surface area contributed by atoms with Crippen LogP contribution >= 0.6 is 0 Å². The molecule has 0 fully saturated rings. The fraction of sp³-hybridized carbons (Fsp3) is 0.375. The number of rotatable bonds is 4. The van der Waals surface area contributed by atoms with Crippen molar-refractivity contribution in [2.75, 3.05) is 6.54 Å². The van der Waals surface area contributed by atoms with Gasteiger partial charge in [0.25, 0.3) is 10.0 Å². The first-order valence-corrected chi connectivity index (χ1v) is 5.56. The average Bonchev–Trinajstić information content (AvgIpc) is 2.16. The minimum Gasteiger partial charge on any atom is -0.243 e. The van der Waals surface area contributed by atoms with Gasteiger partial charge in [-0.05, 0) is 18.6 Å². The van der Waals surface area contributed by atoms with E-state index < -0.39 is 10.0 Å². The van der Waals surface area contributed by atoms with Crippen LogP contribution in [0.15, 0.2) is 29.4 Å². The van der Waals surface area contributed by atoms with E-state index in [0.29, 0.717) is 6.54 Å². The van der Waals surface area contributed by atoms with Gasteiger partial charge < -0.3 is 0 Å². The van der Waals surface area contributed by atoms with Gasteiger partial charge in [0.2, 0.25) is 0 Å². The molecule has 0 unspecified atom stereocenters. The Morgan fingerprint density at radius 1 is 1.46 bits per heavy atom. The van der Waals surface area contributed by atoms with E-state index >= 15 is 0 Å². The van der Waals surface area contributed by atoms with Crippen molar-refractivity contribution >= 4 is 10.0 Å². The Morgan fingerprint density at radius 3 is 2.77 bits per heavy atom. The molecule has 1 N–H and O–H groups in total. The van der Waals surface area contributed by atoms with Crippen molar-refractivity contribution in [3.05, 3.63) is 24.4 Å². The van der Waals surface area contributed by atoms with Gasteiger partial charge in [-0.1, -0.05) is 13.0 Å². The molecule has 0 amide bonds. The van der Waals surface area contributed by atoms with Gasteiger partial charge in [0.05, 0.1) is 0 Å². The van der Waals surface area contributed by atoms with Crippen molar-refractivity contribution in [3.63, 3.8) is 0 Å². The highest BCUT2D eigenvalue weighted by molar-refractivity contribution is 7.89. The van der Waals surface area contributed by atoms with Gasteiger partial charge in [0.15, 0.2) is 5.03 Å². The molecule has 1 heterocycles. The summed E-state index contributed by atoms with van der Waals surface area (Å²) in [4.78, 5) is 3.75. The number of nitrogens with zero attached hydrogens (tertiary/aromatic N) is 1. The zero-order chi connectivity index (χ0) is 9.73. The molecule has 0 aliphatic heterocycles. The Hall–Kier alpha value is -0.940. The maximum Gasteiger partial charge on any atom is 0.258 e. The Labute approximate surface area is 78.1 Å². The van der Waals surface area contributed by atoms with E-state index in [0.717, 1.165) is 6.42 Å². The highest BCUT2D eigenvalue weighted by Gasteiger charge is 2.12. The number of aromatic nitrogens is 1. The third kappa shape index (κ3) is 2.78. The largest absolute Gasteiger partial charge is 0.258 e. The summed E-state index contributed by atoms with van der Waals surface area (Å²) >= 11 is 0. The smallest absolute Gasteiger partial charge is 0.243 e. The minimum atomic E-state index is -3.38. The fourth-order valence-electron chi connectivity index (χ4n) is 0.816. The van der Waals surface area contributed by atoms with Gasteiger partial charge >= 0.3 is 0 Å². The van der Waals surface area contributed by atoms with E-state index in [1.807, 2.05) is 6.92 Å². The summed E-state index contributed by atoms with van der Waals surface area (Å²) in [5, 5.41) is 0.0726. The molecule has 0 atom stereocenters. The van der Waals surface area contributed by atoms with Crippen LogP contribution in [0.2, 0.25) is 0 Å². The molecule has 0 aromatic carbocycles. The van der Waals surface area contributed by atoms with Crippen LogP contribution < -0.4 is 4.72 Å². The number of sulfonamides is 1. The van der Waals surface area contributed by atoms with Crippen LogP contribution in [0.1, 0.15) is 13.3 Å². The highest BCUT2D eigenvalue weighted by Crippen LogP contribution is 2.02. The zero-order valence-corrected chi connectivity index (χ0v) is 8.21. The molecular formula is C8H12N2O2S. The highest BCUT2D eigenvalue weighted by atomic mass is 32.2. The van der Waals surface area contributed by atoms with E-state index in [1.165, 1.54) is 12.3 Å². The predicted octanol–water partition coefficient (Wildman–Crippen LogP) is 0.770. The van der Waals surface area contributed by atoms with Gasteiger partial charge in [-0.15, -0.1) is 0 Å². The average molecular weight is 200 g/mol. The lowest BCUT2D eigenvalue weighted by atomic mass is 10.5. The maximum absolute atomic E-state index is 11.4. The number of nitrogens with one attached hydrogen (secondary N) is 1. The van der Waals surface area contributed by atoms with Crippen LogP contribution in [-0.2, 0) is 10.0 Å². The summed E-state index contributed by atoms with van der Waals surface area (Å²) in [6.45, 7) is 2.35. The summed E-state index contributed by atoms with van der Waals surface area (Å²) in [6, 6.07) is 4.80. The molecule has 0 saturated carbocycles. The Balaban J connectivity index is 2.83. The van der Waals surface area contributed by atoms with E-state index in [9.17, 15) is 8.42 Å². The first-order valence-electron chi connectivity index (χ1n) is 4.07. The molecule has 1 aromatic heterocycles. The second kappa shape index (κ2) is 4.34.